The number of nitrogens with zero attached hydrogens (tertiary/aromatic N) is 3. The van der Waals surface area contributed by atoms with Crippen LogP contribution in [0.4, 0.5) is 11.6 Å². The molecule has 1 aromatic carbocycles. The topological polar surface area (TPSA) is 55.0 Å². The van der Waals surface area contributed by atoms with E-state index in [1.165, 1.54) is 0 Å². The highest BCUT2D eigenvalue weighted by Crippen LogP contribution is 2.21. The lowest BCUT2D eigenvalue weighted by Crippen LogP contribution is -2.20. The summed E-state index contributed by atoms with van der Waals surface area (Å²) in [6.45, 7) is 3.74. The van der Waals surface area contributed by atoms with Crippen molar-refractivity contribution < 1.29 is 0 Å². The fourth-order valence-corrected chi connectivity index (χ4v) is 2.05. The fourth-order valence-electron chi connectivity index (χ4n) is 2.05. The monoisotopic (exact) mass is 270 g/mol. The molecule has 4 heteroatoms. The summed E-state index contributed by atoms with van der Waals surface area (Å²) in [6.07, 6.45) is 6.83. The van der Waals surface area contributed by atoms with Gasteiger partial charge in [0.15, 0.2) is 0 Å². The van der Waals surface area contributed by atoms with Gasteiger partial charge in [-0.3, -0.25) is 0 Å². The van der Waals surface area contributed by atoms with E-state index in [1.807, 2.05) is 30.6 Å². The summed E-state index contributed by atoms with van der Waals surface area (Å²) in [7, 11) is 0. The largest absolute Gasteiger partial charge is 0.330 e. The van der Waals surface area contributed by atoms with Crippen LogP contribution in [0.15, 0.2) is 42.7 Å². The van der Waals surface area contributed by atoms with Crippen LogP contribution in [0.2, 0.25) is 0 Å². The molecule has 1 aromatic heterocycles. The van der Waals surface area contributed by atoms with E-state index in [4.69, 9.17) is 5.73 Å². The minimum absolute atomic E-state index is 0.626. The van der Waals surface area contributed by atoms with Gasteiger partial charge in [0.05, 0.1) is 0 Å². The van der Waals surface area contributed by atoms with Crippen molar-refractivity contribution in [3.63, 3.8) is 0 Å². The van der Waals surface area contributed by atoms with Gasteiger partial charge in [-0.1, -0.05) is 31.5 Å². The van der Waals surface area contributed by atoms with Crippen molar-refractivity contribution in [1.82, 2.24) is 9.97 Å². The minimum Gasteiger partial charge on any atom is -0.330 e. The van der Waals surface area contributed by atoms with Crippen LogP contribution in [0, 0.1) is 0 Å². The lowest BCUT2D eigenvalue weighted by atomic mass is 10.2. The molecule has 1 heterocycles. The molecule has 0 amide bonds. The van der Waals surface area contributed by atoms with Crippen LogP contribution in [0.25, 0.3) is 0 Å². The third-order valence-corrected chi connectivity index (χ3v) is 3.17. The predicted octanol–water partition coefficient (Wildman–Crippen LogP) is 2.92. The van der Waals surface area contributed by atoms with E-state index in [0.29, 0.717) is 6.54 Å². The van der Waals surface area contributed by atoms with E-state index in [1.54, 1.807) is 0 Å². The van der Waals surface area contributed by atoms with Gasteiger partial charge in [-0.2, -0.15) is 0 Å². The van der Waals surface area contributed by atoms with Crippen molar-refractivity contribution in [2.45, 2.75) is 26.2 Å². The molecule has 4 nitrogen and oxygen atoms in total. The Kier molecular flexibility index (Phi) is 5.50. The lowest BCUT2D eigenvalue weighted by molar-refractivity contribution is 0.769. The fraction of sp³-hybridized carbons (Fsp3) is 0.375. The van der Waals surface area contributed by atoms with Gasteiger partial charge in [-0.05, 0) is 37.1 Å². The van der Waals surface area contributed by atoms with E-state index in [2.05, 4.69) is 33.9 Å². The number of para-hydroxylation sites is 1. The van der Waals surface area contributed by atoms with Crippen molar-refractivity contribution in [3.8, 4) is 0 Å². The van der Waals surface area contributed by atoms with Crippen LogP contribution in [0.5, 0.6) is 0 Å². The second kappa shape index (κ2) is 7.60. The van der Waals surface area contributed by atoms with E-state index in [0.717, 1.165) is 43.0 Å². The van der Waals surface area contributed by atoms with E-state index < -0.39 is 0 Å². The first-order chi connectivity index (χ1) is 9.85. The van der Waals surface area contributed by atoms with Gasteiger partial charge in [0.2, 0.25) is 5.95 Å². The smallest absolute Gasteiger partial charge is 0.229 e. The molecule has 2 rings (SSSR count). The highest BCUT2D eigenvalue weighted by Gasteiger charge is 2.11. The molecule has 0 radical (unpaired) electrons. The molecule has 0 aliphatic heterocycles. The highest BCUT2D eigenvalue weighted by atomic mass is 15.2. The summed E-state index contributed by atoms with van der Waals surface area (Å²) in [5.74, 6) is 0.755. The summed E-state index contributed by atoms with van der Waals surface area (Å²) >= 11 is 0. The number of aromatic nitrogens is 2. The number of anilines is 2. The summed E-state index contributed by atoms with van der Waals surface area (Å²) in [6, 6.07) is 10.3. The summed E-state index contributed by atoms with van der Waals surface area (Å²) in [5.41, 5.74) is 7.76. The molecule has 106 valence electrons. The summed E-state index contributed by atoms with van der Waals surface area (Å²) in [4.78, 5) is 11.1. The van der Waals surface area contributed by atoms with Crippen molar-refractivity contribution in [2.24, 2.45) is 5.73 Å². The van der Waals surface area contributed by atoms with Crippen LogP contribution in [-0.2, 0) is 6.42 Å². The quantitative estimate of drug-likeness (QED) is 0.840. The third-order valence-electron chi connectivity index (χ3n) is 3.17. The number of benzene rings is 1. The van der Waals surface area contributed by atoms with Crippen LogP contribution < -0.4 is 10.6 Å². The molecule has 20 heavy (non-hydrogen) atoms. The summed E-state index contributed by atoms with van der Waals surface area (Å²) in [5, 5.41) is 0. The molecule has 0 bridgehead atoms. The van der Waals surface area contributed by atoms with E-state index in [9.17, 15) is 0 Å². The van der Waals surface area contributed by atoms with Gasteiger partial charge in [0, 0.05) is 24.6 Å². The van der Waals surface area contributed by atoms with Gasteiger partial charge in [-0.25, -0.2) is 9.97 Å². The molecular formula is C16H22N4. The minimum atomic E-state index is 0.626. The molecule has 2 N–H and O–H groups in total. The molecule has 0 atom stereocenters. The maximum absolute atomic E-state index is 5.55. The molecule has 0 aliphatic carbocycles. The normalized spacial score (nSPS) is 10.5. The van der Waals surface area contributed by atoms with Crippen molar-refractivity contribution >= 4 is 11.6 Å². The maximum atomic E-state index is 5.55. The van der Waals surface area contributed by atoms with Crippen molar-refractivity contribution in [1.29, 1.82) is 0 Å². The molecule has 0 saturated carbocycles. The van der Waals surface area contributed by atoms with Gasteiger partial charge in [0.1, 0.15) is 0 Å². The Bertz CT molecular complexity index is 496. The maximum Gasteiger partial charge on any atom is 0.229 e. The zero-order chi connectivity index (χ0) is 14.2. The Morgan fingerprint density at radius 3 is 2.40 bits per heavy atom. The first kappa shape index (κ1) is 14.5. The zero-order valence-corrected chi connectivity index (χ0v) is 12.0. The zero-order valence-electron chi connectivity index (χ0n) is 12.0. The van der Waals surface area contributed by atoms with Crippen LogP contribution in [-0.4, -0.2) is 23.1 Å². The first-order valence-corrected chi connectivity index (χ1v) is 7.18. The van der Waals surface area contributed by atoms with Gasteiger partial charge in [0.25, 0.3) is 0 Å². The molecule has 0 saturated heterocycles. The second-order valence-electron chi connectivity index (χ2n) is 4.77. The number of rotatable bonds is 7. The third kappa shape index (κ3) is 3.78. The van der Waals surface area contributed by atoms with Gasteiger partial charge < -0.3 is 10.6 Å². The summed E-state index contributed by atoms with van der Waals surface area (Å²) < 4.78 is 0. The Morgan fingerprint density at radius 1 is 1.10 bits per heavy atom. The van der Waals surface area contributed by atoms with Gasteiger partial charge in [-0.15, -0.1) is 0 Å². The van der Waals surface area contributed by atoms with Crippen LogP contribution >= 0.6 is 0 Å². The molecule has 0 unspecified atom stereocenters. The number of nitrogens with two attached hydrogens (primary N) is 1. The van der Waals surface area contributed by atoms with Crippen molar-refractivity contribution in [3.05, 3.63) is 48.3 Å². The molecule has 2 aromatic rings. The van der Waals surface area contributed by atoms with E-state index >= 15 is 0 Å². The first-order valence-electron chi connectivity index (χ1n) is 7.18. The molecule has 0 aliphatic rings. The lowest BCUT2D eigenvalue weighted by Gasteiger charge is -2.22. The molecular weight excluding hydrogens is 248 g/mol. The predicted molar refractivity (Wildman–Crippen MR) is 83.1 cm³/mol. The van der Waals surface area contributed by atoms with Crippen molar-refractivity contribution in [2.75, 3.05) is 18.0 Å². The van der Waals surface area contributed by atoms with Gasteiger partial charge >= 0.3 is 0 Å². The Morgan fingerprint density at radius 2 is 1.80 bits per heavy atom. The Labute approximate surface area is 120 Å². The average molecular weight is 270 g/mol. The van der Waals surface area contributed by atoms with Crippen LogP contribution in [0.1, 0.15) is 25.3 Å². The Hall–Kier alpha value is -1.94. The highest BCUT2D eigenvalue weighted by molar-refractivity contribution is 5.56. The second-order valence-corrected chi connectivity index (χ2v) is 4.77. The molecule has 0 fully saturated rings. The standard InChI is InChI=1S/C16H22N4/c1-2-3-11-20(15-7-5-4-6-8-15)16-18-12-14(9-10-17)13-19-16/h4-8,12-13H,2-3,9-11,17H2,1H3. The van der Waals surface area contributed by atoms with Crippen LogP contribution in [0.3, 0.4) is 0 Å². The average Bonchev–Trinajstić information content (AvgIpc) is 2.51. The van der Waals surface area contributed by atoms with E-state index in [-0.39, 0.29) is 0 Å². The number of hydrogen-bond donors (Lipinski definition) is 1. The molecule has 0 spiro atoms. The Balaban J connectivity index is 2.22. The number of hydrogen-bond acceptors (Lipinski definition) is 4. The number of unbranched alkanes of at least 4 members (excludes halogenated alkanes) is 1. The SMILES string of the molecule is CCCCN(c1ccccc1)c1ncc(CCN)cn1.